The predicted octanol–water partition coefficient (Wildman–Crippen LogP) is 1.90. The SMILES string of the molecule is COc1ccc2c(c1)c(Cl)c(C(=O)O)c(=O)n2C. The van der Waals surface area contributed by atoms with Crippen LogP contribution in [0.1, 0.15) is 10.4 Å². The highest BCUT2D eigenvalue weighted by molar-refractivity contribution is 6.38. The molecule has 5 nitrogen and oxygen atoms in total. The summed E-state index contributed by atoms with van der Waals surface area (Å²) in [5, 5.41) is 9.43. The third kappa shape index (κ3) is 1.73. The number of benzene rings is 1. The molecule has 0 saturated carbocycles. The Morgan fingerprint density at radius 2 is 2.11 bits per heavy atom. The molecular formula is C12H10ClNO4. The molecule has 0 fully saturated rings. The smallest absolute Gasteiger partial charge is 0.342 e. The molecule has 6 heteroatoms. The van der Waals surface area contributed by atoms with E-state index in [9.17, 15) is 9.59 Å². The Kier molecular flexibility index (Phi) is 3.00. The maximum absolute atomic E-state index is 11.9. The number of carboxylic acid groups (broad SMARTS) is 1. The molecular weight excluding hydrogens is 258 g/mol. The van der Waals surface area contributed by atoms with Crippen LogP contribution in [0.2, 0.25) is 5.02 Å². The maximum atomic E-state index is 11.9. The molecule has 1 aromatic carbocycles. The second-order valence-corrected chi connectivity index (χ2v) is 4.12. The van der Waals surface area contributed by atoms with E-state index in [-0.39, 0.29) is 5.02 Å². The Bertz CT molecular complexity index is 705. The maximum Gasteiger partial charge on any atom is 0.342 e. The van der Waals surface area contributed by atoms with Crippen molar-refractivity contribution in [2.24, 2.45) is 7.05 Å². The lowest BCUT2D eigenvalue weighted by molar-refractivity contribution is 0.0695. The zero-order valence-corrected chi connectivity index (χ0v) is 10.5. The number of pyridine rings is 1. The summed E-state index contributed by atoms with van der Waals surface area (Å²) in [7, 11) is 3.00. The monoisotopic (exact) mass is 267 g/mol. The molecule has 2 rings (SSSR count). The molecule has 0 aliphatic rings. The summed E-state index contributed by atoms with van der Waals surface area (Å²) in [6, 6.07) is 4.94. The van der Waals surface area contributed by atoms with Crippen LogP contribution in [0.15, 0.2) is 23.0 Å². The fourth-order valence-electron chi connectivity index (χ4n) is 1.80. The Balaban J connectivity index is 2.99. The van der Waals surface area contributed by atoms with Crippen molar-refractivity contribution in [2.75, 3.05) is 7.11 Å². The average molecular weight is 268 g/mol. The molecule has 0 unspecified atom stereocenters. The topological polar surface area (TPSA) is 68.5 Å². The third-order valence-electron chi connectivity index (χ3n) is 2.75. The lowest BCUT2D eigenvalue weighted by Crippen LogP contribution is -2.25. The zero-order valence-electron chi connectivity index (χ0n) is 9.73. The second kappa shape index (κ2) is 4.34. The van der Waals surface area contributed by atoms with E-state index in [1.54, 1.807) is 18.2 Å². The van der Waals surface area contributed by atoms with Crippen LogP contribution in [0.25, 0.3) is 10.9 Å². The molecule has 0 spiro atoms. The number of hydrogen-bond donors (Lipinski definition) is 1. The number of rotatable bonds is 2. The minimum Gasteiger partial charge on any atom is -0.497 e. The van der Waals surface area contributed by atoms with Crippen LogP contribution in [-0.4, -0.2) is 22.8 Å². The number of nitrogens with zero attached hydrogens (tertiary/aromatic N) is 1. The van der Waals surface area contributed by atoms with Gasteiger partial charge < -0.3 is 14.4 Å². The number of fused-ring (bicyclic) bond motifs is 1. The second-order valence-electron chi connectivity index (χ2n) is 3.74. The van der Waals surface area contributed by atoms with Crippen LogP contribution >= 0.6 is 11.6 Å². The van der Waals surface area contributed by atoms with Crippen LogP contribution < -0.4 is 10.3 Å². The van der Waals surface area contributed by atoms with Crippen molar-refractivity contribution in [3.8, 4) is 5.75 Å². The van der Waals surface area contributed by atoms with Gasteiger partial charge in [0.05, 0.1) is 17.6 Å². The largest absolute Gasteiger partial charge is 0.497 e. The van der Waals surface area contributed by atoms with E-state index >= 15 is 0 Å². The van der Waals surface area contributed by atoms with Gasteiger partial charge in [0.1, 0.15) is 11.3 Å². The number of ether oxygens (including phenoxy) is 1. The third-order valence-corrected chi connectivity index (χ3v) is 3.15. The van der Waals surface area contributed by atoms with E-state index in [0.717, 1.165) is 0 Å². The molecule has 0 atom stereocenters. The Labute approximate surface area is 107 Å². The van der Waals surface area contributed by atoms with Crippen LogP contribution in [0.3, 0.4) is 0 Å². The number of aromatic nitrogens is 1. The molecule has 0 aliphatic carbocycles. The van der Waals surface area contributed by atoms with Gasteiger partial charge in [-0.15, -0.1) is 0 Å². The van der Waals surface area contributed by atoms with E-state index in [0.29, 0.717) is 16.7 Å². The van der Waals surface area contributed by atoms with Gasteiger partial charge in [-0.1, -0.05) is 11.6 Å². The number of aryl methyl sites for hydroxylation is 1. The summed E-state index contributed by atoms with van der Waals surface area (Å²) in [5.74, 6) is -0.801. The van der Waals surface area contributed by atoms with Crippen LogP contribution in [0.5, 0.6) is 5.75 Å². The van der Waals surface area contributed by atoms with Crippen molar-refractivity contribution in [2.45, 2.75) is 0 Å². The summed E-state index contributed by atoms with van der Waals surface area (Å²) in [4.78, 5) is 22.9. The van der Waals surface area contributed by atoms with Gasteiger partial charge >= 0.3 is 5.97 Å². The summed E-state index contributed by atoms with van der Waals surface area (Å²) in [6.07, 6.45) is 0. The van der Waals surface area contributed by atoms with Crippen LogP contribution in [-0.2, 0) is 7.05 Å². The van der Waals surface area contributed by atoms with E-state index < -0.39 is 17.1 Å². The molecule has 0 aliphatic heterocycles. The number of aromatic carboxylic acids is 1. The van der Waals surface area contributed by atoms with E-state index in [1.165, 1.54) is 18.7 Å². The van der Waals surface area contributed by atoms with Gasteiger partial charge in [-0.2, -0.15) is 0 Å². The van der Waals surface area contributed by atoms with Gasteiger partial charge in [-0.05, 0) is 18.2 Å². The first-order valence-electron chi connectivity index (χ1n) is 5.07. The number of hydrogen-bond acceptors (Lipinski definition) is 3. The highest BCUT2D eigenvalue weighted by atomic mass is 35.5. The molecule has 94 valence electrons. The summed E-state index contributed by atoms with van der Waals surface area (Å²) in [6.45, 7) is 0. The number of carboxylic acids is 1. The Hall–Kier alpha value is -2.01. The minimum absolute atomic E-state index is 0.0699. The van der Waals surface area contributed by atoms with Crippen LogP contribution in [0.4, 0.5) is 0 Å². The molecule has 0 saturated heterocycles. The number of methoxy groups -OCH3 is 1. The first kappa shape index (κ1) is 12.4. The molecule has 1 heterocycles. The molecule has 18 heavy (non-hydrogen) atoms. The predicted molar refractivity (Wildman–Crippen MR) is 67.7 cm³/mol. The number of halogens is 1. The van der Waals surface area contributed by atoms with Crippen molar-refractivity contribution in [3.63, 3.8) is 0 Å². The highest BCUT2D eigenvalue weighted by Crippen LogP contribution is 2.28. The molecule has 2 aromatic rings. The lowest BCUT2D eigenvalue weighted by Gasteiger charge is -2.10. The van der Waals surface area contributed by atoms with Crippen molar-refractivity contribution in [1.82, 2.24) is 4.57 Å². The van der Waals surface area contributed by atoms with E-state index in [1.807, 2.05) is 0 Å². The van der Waals surface area contributed by atoms with Gasteiger partial charge in [0, 0.05) is 12.4 Å². The van der Waals surface area contributed by atoms with Gasteiger partial charge in [-0.25, -0.2) is 4.79 Å². The number of carbonyl (C=O) groups is 1. The quantitative estimate of drug-likeness (QED) is 0.902. The summed E-state index contributed by atoms with van der Waals surface area (Å²) < 4.78 is 6.31. The van der Waals surface area contributed by atoms with Gasteiger partial charge in [-0.3, -0.25) is 4.79 Å². The van der Waals surface area contributed by atoms with Crippen LogP contribution in [0, 0.1) is 0 Å². The van der Waals surface area contributed by atoms with E-state index in [4.69, 9.17) is 21.4 Å². The standard InChI is InChI=1S/C12H10ClNO4/c1-14-8-4-3-6(18-2)5-7(8)10(13)9(11(14)15)12(16)17/h3-5H,1-2H3,(H,16,17). The van der Waals surface area contributed by atoms with Crippen molar-refractivity contribution >= 4 is 28.5 Å². The molecule has 0 amide bonds. The zero-order chi connectivity index (χ0) is 13.4. The molecule has 1 N–H and O–H groups in total. The molecule has 0 bridgehead atoms. The average Bonchev–Trinajstić information content (AvgIpc) is 2.35. The summed E-state index contributed by atoms with van der Waals surface area (Å²) in [5.41, 5.74) is -0.513. The summed E-state index contributed by atoms with van der Waals surface area (Å²) >= 11 is 5.99. The highest BCUT2D eigenvalue weighted by Gasteiger charge is 2.19. The van der Waals surface area contributed by atoms with Gasteiger partial charge in [0.25, 0.3) is 5.56 Å². The van der Waals surface area contributed by atoms with Crippen molar-refractivity contribution < 1.29 is 14.6 Å². The fourth-order valence-corrected chi connectivity index (χ4v) is 2.11. The minimum atomic E-state index is -1.34. The van der Waals surface area contributed by atoms with Crippen molar-refractivity contribution in [1.29, 1.82) is 0 Å². The van der Waals surface area contributed by atoms with E-state index in [2.05, 4.69) is 0 Å². The lowest BCUT2D eigenvalue weighted by atomic mass is 10.1. The first-order chi connectivity index (χ1) is 8.47. The Morgan fingerprint density at radius 3 is 2.67 bits per heavy atom. The Morgan fingerprint density at radius 1 is 1.44 bits per heavy atom. The fraction of sp³-hybridized carbons (Fsp3) is 0.167. The molecule has 1 aromatic heterocycles. The molecule has 0 radical (unpaired) electrons. The normalized spacial score (nSPS) is 10.6. The van der Waals surface area contributed by atoms with Gasteiger partial charge in [0.2, 0.25) is 0 Å². The first-order valence-corrected chi connectivity index (χ1v) is 5.44. The van der Waals surface area contributed by atoms with Gasteiger partial charge in [0.15, 0.2) is 0 Å². The van der Waals surface area contributed by atoms with Crippen molar-refractivity contribution in [3.05, 3.63) is 39.1 Å².